The summed E-state index contributed by atoms with van der Waals surface area (Å²) in [7, 11) is -3.46. The van der Waals surface area contributed by atoms with E-state index >= 15 is 0 Å². The second-order valence-electron chi connectivity index (χ2n) is 4.06. The predicted molar refractivity (Wildman–Crippen MR) is 67.0 cm³/mol. The van der Waals surface area contributed by atoms with Gasteiger partial charge in [-0.1, -0.05) is 26.2 Å². The zero-order valence-electron chi connectivity index (χ0n) is 9.95. The van der Waals surface area contributed by atoms with Crippen molar-refractivity contribution < 1.29 is 12.8 Å². The average molecular weight is 259 g/mol. The first kappa shape index (κ1) is 14.0. The summed E-state index contributed by atoms with van der Waals surface area (Å²) in [6.45, 7) is 2.05. The minimum Gasteiger partial charge on any atom is -0.398 e. The van der Waals surface area contributed by atoms with E-state index in [1.54, 1.807) is 0 Å². The number of nitrogens with two attached hydrogens (primary N) is 1. The first-order valence-electron chi connectivity index (χ1n) is 5.75. The van der Waals surface area contributed by atoms with Gasteiger partial charge in [0.2, 0.25) is 0 Å². The molecule has 0 aliphatic rings. The van der Waals surface area contributed by atoms with Crippen LogP contribution in [0.1, 0.15) is 32.6 Å². The third-order valence-corrected chi connectivity index (χ3v) is 4.43. The van der Waals surface area contributed by atoms with Gasteiger partial charge in [0.25, 0.3) is 0 Å². The Labute approximate surface area is 102 Å². The van der Waals surface area contributed by atoms with Crippen molar-refractivity contribution in [2.45, 2.75) is 37.5 Å². The van der Waals surface area contributed by atoms with Crippen molar-refractivity contribution in [1.82, 2.24) is 0 Å². The number of benzene rings is 1. The minimum atomic E-state index is -3.46. The lowest BCUT2D eigenvalue weighted by Gasteiger charge is -2.07. The van der Waals surface area contributed by atoms with Gasteiger partial charge in [0, 0.05) is 0 Å². The van der Waals surface area contributed by atoms with Crippen LogP contribution in [0.5, 0.6) is 0 Å². The zero-order valence-corrected chi connectivity index (χ0v) is 10.8. The van der Waals surface area contributed by atoms with Crippen LogP contribution in [-0.2, 0) is 9.84 Å². The Balaban J connectivity index is 2.79. The van der Waals surface area contributed by atoms with Crippen LogP contribution < -0.4 is 5.73 Å². The summed E-state index contributed by atoms with van der Waals surface area (Å²) in [4.78, 5) is -0.0889. The van der Waals surface area contributed by atoms with Crippen LogP contribution in [-0.4, -0.2) is 14.2 Å². The summed E-state index contributed by atoms with van der Waals surface area (Å²) in [6, 6.07) is 3.43. The molecule has 0 heterocycles. The van der Waals surface area contributed by atoms with E-state index in [0.29, 0.717) is 6.42 Å². The average Bonchev–Trinajstić information content (AvgIpc) is 2.28. The highest BCUT2D eigenvalue weighted by atomic mass is 32.2. The number of hydrogen-bond donors (Lipinski definition) is 1. The molecule has 2 N–H and O–H groups in total. The fraction of sp³-hybridized carbons (Fsp3) is 0.500. The molecule has 0 saturated heterocycles. The number of anilines is 1. The minimum absolute atomic E-state index is 0.0284. The predicted octanol–water partition coefficient (Wildman–Crippen LogP) is 2.76. The van der Waals surface area contributed by atoms with Gasteiger partial charge in [-0.2, -0.15) is 0 Å². The molecule has 3 nitrogen and oxygen atoms in total. The Morgan fingerprint density at radius 2 is 1.94 bits per heavy atom. The maximum absolute atomic E-state index is 13.0. The quantitative estimate of drug-likeness (QED) is 0.631. The summed E-state index contributed by atoms with van der Waals surface area (Å²) >= 11 is 0. The molecule has 1 aromatic rings. The van der Waals surface area contributed by atoms with E-state index in [9.17, 15) is 12.8 Å². The standard InChI is InChI=1S/C12H18FNO2S/c1-2-3-4-5-8-17(15,16)12-9-10(13)6-7-11(12)14/h6-7,9H,2-5,8,14H2,1H3. The first-order valence-corrected chi connectivity index (χ1v) is 7.40. The zero-order chi connectivity index (χ0) is 12.9. The van der Waals surface area contributed by atoms with Crippen molar-refractivity contribution in [3.63, 3.8) is 0 Å². The van der Waals surface area contributed by atoms with Crippen LogP contribution in [0.3, 0.4) is 0 Å². The van der Waals surface area contributed by atoms with Crippen LogP contribution in [0, 0.1) is 5.82 Å². The molecule has 0 aliphatic heterocycles. The van der Waals surface area contributed by atoms with Gasteiger partial charge in [0.05, 0.1) is 16.3 Å². The van der Waals surface area contributed by atoms with Gasteiger partial charge in [-0.15, -0.1) is 0 Å². The van der Waals surface area contributed by atoms with Crippen LogP contribution in [0.4, 0.5) is 10.1 Å². The molecule has 0 unspecified atom stereocenters. The number of rotatable bonds is 6. The van der Waals surface area contributed by atoms with Crippen molar-refractivity contribution >= 4 is 15.5 Å². The summed E-state index contributed by atoms with van der Waals surface area (Å²) in [5, 5.41) is 0. The highest BCUT2D eigenvalue weighted by molar-refractivity contribution is 7.91. The van der Waals surface area contributed by atoms with Crippen molar-refractivity contribution in [2.75, 3.05) is 11.5 Å². The van der Waals surface area contributed by atoms with Crippen LogP contribution >= 0.6 is 0 Å². The second-order valence-corrected chi connectivity index (χ2v) is 6.14. The molecule has 0 bridgehead atoms. The number of nitrogen functional groups attached to an aromatic ring is 1. The van der Waals surface area contributed by atoms with E-state index < -0.39 is 15.7 Å². The molecular formula is C12H18FNO2S. The Morgan fingerprint density at radius 1 is 1.24 bits per heavy atom. The Hall–Kier alpha value is -1.10. The maximum atomic E-state index is 13.0. The molecule has 0 saturated carbocycles. The smallest absolute Gasteiger partial charge is 0.180 e. The van der Waals surface area contributed by atoms with Crippen LogP contribution in [0.25, 0.3) is 0 Å². The van der Waals surface area contributed by atoms with Crippen molar-refractivity contribution in [3.8, 4) is 0 Å². The highest BCUT2D eigenvalue weighted by Crippen LogP contribution is 2.21. The molecule has 5 heteroatoms. The molecule has 96 valence electrons. The van der Waals surface area contributed by atoms with E-state index in [4.69, 9.17) is 5.73 Å². The number of halogens is 1. The van der Waals surface area contributed by atoms with Crippen LogP contribution in [0.15, 0.2) is 23.1 Å². The van der Waals surface area contributed by atoms with E-state index in [0.717, 1.165) is 31.4 Å². The molecular weight excluding hydrogens is 241 g/mol. The van der Waals surface area contributed by atoms with E-state index in [1.807, 2.05) is 0 Å². The lowest BCUT2D eigenvalue weighted by molar-refractivity contribution is 0.585. The molecule has 1 aromatic carbocycles. The van der Waals surface area contributed by atoms with Crippen molar-refractivity contribution in [3.05, 3.63) is 24.0 Å². The molecule has 0 radical (unpaired) electrons. The highest BCUT2D eigenvalue weighted by Gasteiger charge is 2.17. The second kappa shape index (κ2) is 6.00. The normalized spacial score (nSPS) is 11.6. The fourth-order valence-electron chi connectivity index (χ4n) is 1.61. The van der Waals surface area contributed by atoms with E-state index in [-0.39, 0.29) is 16.3 Å². The molecule has 0 amide bonds. The molecule has 17 heavy (non-hydrogen) atoms. The molecule has 1 rings (SSSR count). The third kappa shape index (κ3) is 4.00. The Morgan fingerprint density at radius 3 is 2.59 bits per heavy atom. The Bertz CT molecular complexity index is 471. The maximum Gasteiger partial charge on any atom is 0.180 e. The van der Waals surface area contributed by atoms with Crippen molar-refractivity contribution in [2.24, 2.45) is 0 Å². The summed E-state index contributed by atoms with van der Waals surface area (Å²) in [6.07, 6.45) is 3.51. The van der Waals surface area contributed by atoms with Gasteiger partial charge in [0.15, 0.2) is 9.84 Å². The number of sulfone groups is 1. The SMILES string of the molecule is CCCCCCS(=O)(=O)c1cc(F)ccc1N. The first-order chi connectivity index (χ1) is 7.97. The summed E-state index contributed by atoms with van der Waals surface area (Å²) in [5.41, 5.74) is 5.67. The lowest BCUT2D eigenvalue weighted by Crippen LogP contribution is -2.10. The topological polar surface area (TPSA) is 60.2 Å². The lowest BCUT2D eigenvalue weighted by atomic mass is 10.2. The molecule has 0 fully saturated rings. The van der Waals surface area contributed by atoms with Gasteiger partial charge in [0.1, 0.15) is 5.82 Å². The van der Waals surface area contributed by atoms with Gasteiger partial charge in [-0.3, -0.25) is 0 Å². The summed E-state index contributed by atoms with van der Waals surface area (Å²) in [5.74, 6) is -0.549. The fourth-order valence-corrected chi connectivity index (χ4v) is 3.13. The number of unbranched alkanes of at least 4 members (excludes halogenated alkanes) is 3. The number of hydrogen-bond acceptors (Lipinski definition) is 3. The summed E-state index contributed by atoms with van der Waals surface area (Å²) < 4.78 is 36.8. The molecule has 0 aromatic heterocycles. The van der Waals surface area contributed by atoms with Gasteiger partial charge < -0.3 is 5.73 Å². The Kier molecular flexibility index (Phi) is 4.93. The monoisotopic (exact) mass is 259 g/mol. The van der Waals surface area contributed by atoms with Crippen molar-refractivity contribution in [1.29, 1.82) is 0 Å². The van der Waals surface area contributed by atoms with E-state index in [2.05, 4.69) is 6.92 Å². The molecule has 0 spiro atoms. The molecule has 0 atom stereocenters. The third-order valence-electron chi connectivity index (χ3n) is 2.58. The molecule has 0 aliphatic carbocycles. The van der Waals surface area contributed by atoms with Gasteiger partial charge >= 0.3 is 0 Å². The van der Waals surface area contributed by atoms with Gasteiger partial charge in [-0.05, 0) is 24.6 Å². The van der Waals surface area contributed by atoms with Crippen LogP contribution in [0.2, 0.25) is 0 Å². The van der Waals surface area contributed by atoms with Gasteiger partial charge in [-0.25, -0.2) is 12.8 Å². The largest absolute Gasteiger partial charge is 0.398 e. The van der Waals surface area contributed by atoms with E-state index in [1.165, 1.54) is 6.07 Å².